The van der Waals surface area contributed by atoms with Crippen molar-refractivity contribution in [3.05, 3.63) is 83.9 Å². The Morgan fingerprint density at radius 3 is 2.22 bits per heavy atom. The van der Waals surface area contributed by atoms with Crippen LogP contribution < -0.4 is 10.5 Å². The van der Waals surface area contributed by atoms with Gasteiger partial charge in [0.05, 0.1) is 0 Å². The first-order valence-corrected chi connectivity index (χ1v) is 7.09. The maximum absolute atomic E-state index is 12.5. The van der Waals surface area contributed by atoms with Gasteiger partial charge in [0.15, 0.2) is 5.78 Å². The van der Waals surface area contributed by atoms with Crippen molar-refractivity contribution in [2.45, 2.75) is 0 Å². The summed E-state index contributed by atoms with van der Waals surface area (Å²) in [6, 6.07) is 20.1. The molecule has 0 unspecified atom stereocenters. The van der Waals surface area contributed by atoms with Crippen molar-refractivity contribution in [2.24, 2.45) is 0 Å². The van der Waals surface area contributed by atoms with Crippen LogP contribution in [0.1, 0.15) is 15.9 Å². The van der Waals surface area contributed by atoms with Gasteiger partial charge < -0.3 is 15.6 Å². The van der Waals surface area contributed by atoms with Crippen molar-refractivity contribution in [3.63, 3.8) is 0 Å². The molecule has 0 fully saturated rings. The predicted octanol–water partition coefficient (Wildman–Crippen LogP) is 4.00. The highest BCUT2D eigenvalue weighted by molar-refractivity contribution is 6.09. The molecule has 0 spiro atoms. The first-order chi connectivity index (χ1) is 11.1. The predicted molar refractivity (Wildman–Crippen MR) is 88.9 cm³/mol. The molecule has 0 aliphatic rings. The molecule has 0 bridgehead atoms. The summed E-state index contributed by atoms with van der Waals surface area (Å²) in [5, 5.41) is 9.30. The van der Waals surface area contributed by atoms with Crippen LogP contribution in [0.3, 0.4) is 0 Å². The van der Waals surface area contributed by atoms with Gasteiger partial charge in [-0.05, 0) is 60.7 Å². The van der Waals surface area contributed by atoms with Gasteiger partial charge in [-0.3, -0.25) is 4.79 Å². The molecule has 0 atom stereocenters. The molecule has 0 aliphatic heterocycles. The largest absolute Gasteiger partial charge is 0.508 e. The second kappa shape index (κ2) is 6.23. The third-order valence-electron chi connectivity index (χ3n) is 3.34. The Morgan fingerprint density at radius 1 is 0.826 bits per heavy atom. The summed E-state index contributed by atoms with van der Waals surface area (Å²) >= 11 is 0. The van der Waals surface area contributed by atoms with Crippen molar-refractivity contribution in [1.82, 2.24) is 0 Å². The number of carbonyl (C=O) groups excluding carboxylic acids is 1. The summed E-state index contributed by atoms with van der Waals surface area (Å²) in [5.74, 6) is 1.21. The minimum absolute atomic E-state index is 0.127. The first kappa shape index (κ1) is 14.7. The Hall–Kier alpha value is -3.27. The van der Waals surface area contributed by atoms with Gasteiger partial charge in [0.1, 0.15) is 17.2 Å². The molecule has 23 heavy (non-hydrogen) atoms. The average molecular weight is 305 g/mol. The van der Waals surface area contributed by atoms with Crippen molar-refractivity contribution >= 4 is 11.5 Å². The van der Waals surface area contributed by atoms with Crippen molar-refractivity contribution in [2.75, 3.05) is 5.73 Å². The van der Waals surface area contributed by atoms with Gasteiger partial charge in [-0.25, -0.2) is 0 Å². The number of phenolic OH excluding ortho intramolecular Hbond substituents is 1. The summed E-state index contributed by atoms with van der Waals surface area (Å²) in [5.41, 5.74) is 7.33. The lowest BCUT2D eigenvalue weighted by Gasteiger charge is -2.08. The minimum Gasteiger partial charge on any atom is -0.508 e. The van der Waals surface area contributed by atoms with Gasteiger partial charge in [0.2, 0.25) is 0 Å². The van der Waals surface area contributed by atoms with Gasteiger partial charge in [-0.15, -0.1) is 0 Å². The molecule has 4 nitrogen and oxygen atoms in total. The molecule has 0 amide bonds. The van der Waals surface area contributed by atoms with E-state index in [2.05, 4.69) is 0 Å². The maximum atomic E-state index is 12.5. The van der Waals surface area contributed by atoms with Crippen LogP contribution >= 0.6 is 0 Å². The van der Waals surface area contributed by atoms with Crippen molar-refractivity contribution in [1.29, 1.82) is 0 Å². The average Bonchev–Trinajstić information content (AvgIpc) is 2.57. The number of ether oxygens (including phenoxy) is 1. The van der Waals surface area contributed by atoms with Gasteiger partial charge in [0, 0.05) is 16.8 Å². The molecule has 0 aromatic heterocycles. The van der Waals surface area contributed by atoms with Crippen LogP contribution in [0, 0.1) is 0 Å². The van der Waals surface area contributed by atoms with Crippen molar-refractivity contribution < 1.29 is 14.6 Å². The Balaban J connectivity index is 1.83. The third kappa shape index (κ3) is 3.49. The first-order valence-electron chi connectivity index (χ1n) is 7.09. The molecule has 3 rings (SSSR count). The molecular weight excluding hydrogens is 290 g/mol. The number of aromatic hydroxyl groups is 1. The zero-order valence-corrected chi connectivity index (χ0v) is 12.3. The maximum Gasteiger partial charge on any atom is 0.193 e. The zero-order valence-electron chi connectivity index (χ0n) is 12.3. The van der Waals surface area contributed by atoms with E-state index in [4.69, 9.17) is 10.5 Å². The van der Waals surface area contributed by atoms with Crippen LogP contribution in [0.2, 0.25) is 0 Å². The summed E-state index contributed by atoms with van der Waals surface area (Å²) in [6.45, 7) is 0. The highest BCUT2D eigenvalue weighted by atomic mass is 16.5. The number of ketones is 1. The van der Waals surface area contributed by atoms with Crippen LogP contribution in [0.4, 0.5) is 5.69 Å². The molecule has 0 aliphatic carbocycles. The molecule has 0 radical (unpaired) electrons. The summed E-state index contributed by atoms with van der Waals surface area (Å²) in [4.78, 5) is 12.5. The molecule has 0 saturated carbocycles. The van der Waals surface area contributed by atoms with Crippen LogP contribution in [0.15, 0.2) is 72.8 Å². The normalized spacial score (nSPS) is 10.3. The van der Waals surface area contributed by atoms with E-state index in [1.165, 1.54) is 12.1 Å². The van der Waals surface area contributed by atoms with E-state index in [0.29, 0.717) is 28.3 Å². The molecule has 0 saturated heterocycles. The number of phenols is 1. The highest BCUT2D eigenvalue weighted by Crippen LogP contribution is 2.24. The van der Waals surface area contributed by atoms with E-state index in [-0.39, 0.29) is 11.5 Å². The van der Waals surface area contributed by atoms with E-state index in [0.717, 1.165) is 0 Å². The quantitative estimate of drug-likeness (QED) is 0.564. The van der Waals surface area contributed by atoms with Crippen LogP contribution in [-0.2, 0) is 0 Å². The van der Waals surface area contributed by atoms with E-state index in [1.54, 1.807) is 60.7 Å². The van der Waals surface area contributed by atoms with Crippen LogP contribution in [0.5, 0.6) is 17.2 Å². The van der Waals surface area contributed by atoms with E-state index in [9.17, 15) is 9.90 Å². The number of nitrogens with two attached hydrogens (primary N) is 1. The summed E-state index contributed by atoms with van der Waals surface area (Å²) < 4.78 is 5.73. The SMILES string of the molecule is Nc1ccc(Oc2cccc(C(=O)c3ccc(O)cc3)c2)cc1. The third-order valence-corrected chi connectivity index (χ3v) is 3.34. The highest BCUT2D eigenvalue weighted by Gasteiger charge is 2.10. The Labute approximate surface area is 133 Å². The number of hydrogen-bond donors (Lipinski definition) is 2. The molecule has 114 valence electrons. The molecule has 3 N–H and O–H groups in total. The minimum atomic E-state index is -0.132. The fourth-order valence-electron chi connectivity index (χ4n) is 2.15. The second-order valence-corrected chi connectivity index (χ2v) is 5.07. The van der Waals surface area contributed by atoms with Gasteiger partial charge in [-0.1, -0.05) is 12.1 Å². The van der Waals surface area contributed by atoms with Crippen LogP contribution in [0.25, 0.3) is 0 Å². The number of nitrogen functional groups attached to an aromatic ring is 1. The Kier molecular flexibility index (Phi) is 3.97. The number of rotatable bonds is 4. The molecule has 3 aromatic rings. The standard InChI is InChI=1S/C19H15NO3/c20-15-6-10-17(11-7-15)23-18-3-1-2-14(12-18)19(22)13-4-8-16(21)9-5-13/h1-12,21H,20H2. The topological polar surface area (TPSA) is 72.5 Å². The number of anilines is 1. The van der Waals surface area contributed by atoms with Crippen LogP contribution in [-0.4, -0.2) is 10.9 Å². The van der Waals surface area contributed by atoms with Gasteiger partial charge >= 0.3 is 0 Å². The van der Waals surface area contributed by atoms with E-state index >= 15 is 0 Å². The second-order valence-electron chi connectivity index (χ2n) is 5.07. The Bertz CT molecular complexity index is 824. The van der Waals surface area contributed by atoms with Crippen molar-refractivity contribution in [3.8, 4) is 17.2 Å². The van der Waals surface area contributed by atoms with E-state index in [1.807, 2.05) is 0 Å². The number of carbonyl (C=O) groups is 1. The lowest BCUT2D eigenvalue weighted by Crippen LogP contribution is -2.01. The Morgan fingerprint density at radius 2 is 1.52 bits per heavy atom. The molecule has 3 aromatic carbocycles. The van der Waals surface area contributed by atoms with E-state index < -0.39 is 0 Å². The molecular formula is C19H15NO3. The number of benzene rings is 3. The monoisotopic (exact) mass is 305 g/mol. The molecule has 0 heterocycles. The smallest absolute Gasteiger partial charge is 0.193 e. The fourth-order valence-corrected chi connectivity index (χ4v) is 2.15. The molecule has 4 heteroatoms. The lowest BCUT2D eigenvalue weighted by molar-refractivity contribution is 0.103. The summed E-state index contributed by atoms with van der Waals surface area (Å²) in [7, 11) is 0. The van der Waals surface area contributed by atoms with Gasteiger partial charge in [-0.2, -0.15) is 0 Å². The number of hydrogen-bond acceptors (Lipinski definition) is 4. The lowest BCUT2D eigenvalue weighted by atomic mass is 10.0. The summed E-state index contributed by atoms with van der Waals surface area (Å²) in [6.07, 6.45) is 0. The zero-order chi connectivity index (χ0) is 16.2. The fraction of sp³-hybridized carbons (Fsp3) is 0. The van der Waals surface area contributed by atoms with Gasteiger partial charge in [0.25, 0.3) is 0 Å².